The van der Waals surface area contributed by atoms with E-state index >= 15 is 0 Å². The maximum Gasteiger partial charge on any atom is 0.418 e. The summed E-state index contributed by atoms with van der Waals surface area (Å²) in [7, 11) is 0. The minimum atomic E-state index is -4.36. The summed E-state index contributed by atoms with van der Waals surface area (Å²) in [4.78, 5) is 3.75. The summed E-state index contributed by atoms with van der Waals surface area (Å²) >= 11 is 0. The molecule has 3 unspecified atom stereocenters. The van der Waals surface area contributed by atoms with Gasteiger partial charge in [-0.15, -0.1) is 0 Å². The Morgan fingerprint density at radius 2 is 2.15 bits per heavy atom. The number of halogens is 3. The second kappa shape index (κ2) is 4.91. The number of piperidine rings is 1. The number of hydrogen-bond donors (Lipinski definition) is 1. The molecule has 3 nitrogen and oxygen atoms in total. The van der Waals surface area contributed by atoms with Gasteiger partial charge < -0.3 is 10.1 Å². The van der Waals surface area contributed by atoms with Gasteiger partial charge in [-0.2, -0.15) is 13.2 Å². The lowest BCUT2D eigenvalue weighted by Crippen LogP contribution is -2.39. The van der Waals surface area contributed by atoms with E-state index in [-0.39, 0.29) is 17.5 Å². The second-order valence-corrected chi connectivity index (χ2v) is 5.74. The third kappa shape index (κ3) is 2.90. The number of rotatable bonds is 3. The topological polar surface area (TPSA) is 34.1 Å². The van der Waals surface area contributed by atoms with Gasteiger partial charge in [0.05, 0.1) is 5.56 Å². The van der Waals surface area contributed by atoms with Gasteiger partial charge in [-0.3, -0.25) is 0 Å². The molecule has 1 N–H and O–H groups in total. The zero-order valence-corrected chi connectivity index (χ0v) is 11.2. The number of aryl methyl sites for hydroxylation is 1. The summed E-state index contributed by atoms with van der Waals surface area (Å²) in [6.45, 7) is 2.91. The molecular weight excluding hydrogens is 269 g/mol. The van der Waals surface area contributed by atoms with Crippen molar-refractivity contribution in [2.45, 2.75) is 32.0 Å². The van der Waals surface area contributed by atoms with Crippen LogP contribution in [0.2, 0.25) is 0 Å². The van der Waals surface area contributed by atoms with Crippen LogP contribution < -0.4 is 10.1 Å². The molecule has 1 saturated heterocycles. The lowest BCUT2D eigenvalue weighted by molar-refractivity contribution is -0.138. The third-order valence-electron chi connectivity index (χ3n) is 4.15. The van der Waals surface area contributed by atoms with Crippen LogP contribution in [0.25, 0.3) is 0 Å². The summed E-state index contributed by atoms with van der Waals surface area (Å²) in [6.07, 6.45) is -1.14. The van der Waals surface area contributed by atoms with Gasteiger partial charge in [0.25, 0.3) is 0 Å². The fourth-order valence-corrected chi connectivity index (χ4v) is 2.83. The SMILES string of the molecule is Cc1cc(OCC2CC3CC3CN2)ncc1C(F)(F)F. The highest BCUT2D eigenvalue weighted by Gasteiger charge is 2.42. The van der Waals surface area contributed by atoms with E-state index in [1.165, 1.54) is 19.4 Å². The van der Waals surface area contributed by atoms with E-state index in [4.69, 9.17) is 4.74 Å². The first-order chi connectivity index (χ1) is 9.43. The number of nitrogens with zero attached hydrogens (tertiary/aromatic N) is 1. The summed E-state index contributed by atoms with van der Waals surface area (Å²) in [5.41, 5.74) is -0.567. The first-order valence-electron chi connectivity index (χ1n) is 6.83. The van der Waals surface area contributed by atoms with Crippen molar-refractivity contribution in [1.82, 2.24) is 10.3 Å². The molecule has 1 aromatic rings. The summed E-state index contributed by atoms with van der Waals surface area (Å²) in [6, 6.07) is 1.63. The molecule has 1 aromatic heterocycles. The molecule has 2 aliphatic rings. The highest BCUT2D eigenvalue weighted by atomic mass is 19.4. The van der Waals surface area contributed by atoms with Gasteiger partial charge >= 0.3 is 6.18 Å². The Labute approximate surface area is 115 Å². The molecule has 1 aliphatic carbocycles. The zero-order chi connectivity index (χ0) is 14.3. The van der Waals surface area contributed by atoms with Crippen LogP contribution in [-0.4, -0.2) is 24.2 Å². The van der Waals surface area contributed by atoms with E-state index in [0.29, 0.717) is 6.61 Å². The van der Waals surface area contributed by atoms with Crippen LogP contribution in [-0.2, 0) is 6.18 Å². The molecule has 0 radical (unpaired) electrons. The fourth-order valence-electron chi connectivity index (χ4n) is 2.83. The Hall–Kier alpha value is -1.30. The van der Waals surface area contributed by atoms with Crippen LogP contribution in [0.5, 0.6) is 5.88 Å². The maximum atomic E-state index is 12.6. The minimum Gasteiger partial charge on any atom is -0.476 e. The number of hydrogen-bond acceptors (Lipinski definition) is 3. The lowest BCUT2D eigenvalue weighted by atomic mass is 10.1. The van der Waals surface area contributed by atoms with Crippen LogP contribution in [0.1, 0.15) is 24.0 Å². The van der Waals surface area contributed by atoms with Crippen LogP contribution >= 0.6 is 0 Å². The number of aromatic nitrogens is 1. The summed E-state index contributed by atoms with van der Waals surface area (Å²) in [5.74, 6) is 1.90. The van der Waals surface area contributed by atoms with E-state index in [9.17, 15) is 13.2 Å². The normalized spacial score (nSPS) is 28.9. The predicted octanol–water partition coefficient (Wildman–Crippen LogP) is 2.79. The molecule has 0 spiro atoms. The highest BCUT2D eigenvalue weighted by molar-refractivity contribution is 5.30. The van der Waals surface area contributed by atoms with Gasteiger partial charge in [0.2, 0.25) is 5.88 Å². The minimum absolute atomic E-state index is 0.140. The molecular formula is C14H17F3N2O. The molecule has 0 aromatic carbocycles. The van der Waals surface area contributed by atoms with E-state index < -0.39 is 11.7 Å². The molecule has 1 saturated carbocycles. The van der Waals surface area contributed by atoms with Crippen LogP contribution in [0, 0.1) is 18.8 Å². The van der Waals surface area contributed by atoms with Crippen LogP contribution in [0.4, 0.5) is 13.2 Å². The molecule has 6 heteroatoms. The van der Waals surface area contributed by atoms with Gasteiger partial charge in [0, 0.05) is 18.3 Å². The Morgan fingerprint density at radius 3 is 2.80 bits per heavy atom. The largest absolute Gasteiger partial charge is 0.476 e. The quantitative estimate of drug-likeness (QED) is 0.927. The Morgan fingerprint density at radius 1 is 1.35 bits per heavy atom. The molecule has 3 rings (SSSR count). The highest BCUT2D eigenvalue weighted by Crippen LogP contribution is 2.44. The van der Waals surface area contributed by atoms with Gasteiger partial charge in [-0.05, 0) is 43.7 Å². The molecule has 20 heavy (non-hydrogen) atoms. The molecule has 2 heterocycles. The van der Waals surface area contributed by atoms with Crippen LogP contribution in [0.3, 0.4) is 0 Å². The first-order valence-corrected chi connectivity index (χ1v) is 6.83. The monoisotopic (exact) mass is 286 g/mol. The predicted molar refractivity (Wildman–Crippen MR) is 67.5 cm³/mol. The summed E-state index contributed by atoms with van der Waals surface area (Å²) in [5, 5.41) is 3.40. The molecule has 0 bridgehead atoms. The standard InChI is InChI=1S/C14H17F3N2O/c1-8-2-13(19-6-12(8)14(15,16)17)20-7-11-4-9-3-10(9)5-18-11/h2,6,9-11,18H,3-5,7H2,1H3. The average molecular weight is 286 g/mol. The van der Waals surface area contributed by atoms with E-state index in [1.807, 2.05) is 0 Å². The van der Waals surface area contributed by atoms with Gasteiger partial charge in [-0.25, -0.2) is 4.98 Å². The Balaban J connectivity index is 1.59. The van der Waals surface area contributed by atoms with Crippen LogP contribution in [0.15, 0.2) is 12.3 Å². The number of pyridine rings is 1. The maximum absolute atomic E-state index is 12.6. The van der Waals surface area contributed by atoms with Crippen molar-refractivity contribution in [1.29, 1.82) is 0 Å². The van der Waals surface area contributed by atoms with Crippen molar-refractivity contribution in [2.24, 2.45) is 11.8 Å². The van der Waals surface area contributed by atoms with Crippen molar-refractivity contribution in [3.63, 3.8) is 0 Å². The first kappa shape index (κ1) is 13.7. The molecule has 0 amide bonds. The van der Waals surface area contributed by atoms with E-state index in [2.05, 4.69) is 10.3 Å². The molecule has 2 fully saturated rings. The van der Waals surface area contributed by atoms with Crippen molar-refractivity contribution >= 4 is 0 Å². The van der Waals surface area contributed by atoms with Crippen molar-refractivity contribution < 1.29 is 17.9 Å². The number of nitrogens with one attached hydrogen (secondary N) is 1. The Bertz CT molecular complexity index is 504. The van der Waals surface area contributed by atoms with Gasteiger partial charge in [0.1, 0.15) is 6.61 Å². The summed E-state index contributed by atoms with van der Waals surface area (Å²) < 4.78 is 43.4. The third-order valence-corrected chi connectivity index (χ3v) is 4.15. The van der Waals surface area contributed by atoms with E-state index in [1.54, 1.807) is 0 Å². The van der Waals surface area contributed by atoms with Crippen molar-refractivity contribution in [3.8, 4) is 5.88 Å². The second-order valence-electron chi connectivity index (χ2n) is 5.74. The zero-order valence-electron chi connectivity index (χ0n) is 11.2. The van der Waals surface area contributed by atoms with Gasteiger partial charge in [-0.1, -0.05) is 0 Å². The number of ether oxygens (including phenoxy) is 1. The fraction of sp³-hybridized carbons (Fsp3) is 0.643. The molecule has 1 aliphatic heterocycles. The Kier molecular flexibility index (Phi) is 3.36. The average Bonchev–Trinajstić information content (AvgIpc) is 3.13. The smallest absolute Gasteiger partial charge is 0.418 e. The van der Waals surface area contributed by atoms with Gasteiger partial charge in [0.15, 0.2) is 0 Å². The number of alkyl halides is 3. The molecule has 110 valence electrons. The molecule has 3 atom stereocenters. The lowest BCUT2D eigenvalue weighted by Gasteiger charge is -2.23. The van der Waals surface area contributed by atoms with E-state index in [0.717, 1.165) is 31.0 Å². The van der Waals surface area contributed by atoms with Crippen molar-refractivity contribution in [2.75, 3.05) is 13.2 Å². The van der Waals surface area contributed by atoms with Crippen molar-refractivity contribution in [3.05, 3.63) is 23.4 Å². The number of fused-ring (bicyclic) bond motifs is 1.